The molecule has 0 radical (unpaired) electrons. The predicted octanol–water partition coefficient (Wildman–Crippen LogP) is 2.02. The Morgan fingerprint density at radius 3 is 2.74 bits per heavy atom. The molecule has 19 heavy (non-hydrogen) atoms. The molecule has 1 aromatic carbocycles. The molecule has 1 amide bonds. The van der Waals surface area contributed by atoms with Crippen molar-refractivity contribution in [2.75, 3.05) is 13.2 Å². The zero-order valence-corrected chi connectivity index (χ0v) is 9.73. The first-order valence-corrected chi connectivity index (χ1v) is 5.09. The number of benzene rings is 1. The first kappa shape index (κ1) is 14.4. The van der Waals surface area contributed by atoms with Crippen LogP contribution in [0.1, 0.15) is 5.56 Å². The van der Waals surface area contributed by atoms with Gasteiger partial charge in [-0.2, -0.15) is 5.26 Å². The van der Waals surface area contributed by atoms with E-state index in [0.717, 1.165) is 6.07 Å². The van der Waals surface area contributed by atoms with Gasteiger partial charge in [0.2, 0.25) is 0 Å². The van der Waals surface area contributed by atoms with Crippen molar-refractivity contribution in [2.24, 2.45) is 5.73 Å². The minimum Gasteiger partial charge on any atom is -0.486 e. The Bertz CT molecular complexity index is 538. The standard InChI is InChI=1S/C12H10F2N2O3/c13-4-9(7-19-12(16)17)6-18-11-2-1-8(5-15)3-10(11)14/h1-4H,6-7H2,(H2,16,17). The van der Waals surface area contributed by atoms with E-state index in [9.17, 15) is 13.6 Å². The molecule has 0 spiro atoms. The normalized spacial score (nSPS) is 10.7. The molecule has 0 saturated heterocycles. The molecule has 0 fully saturated rings. The average Bonchev–Trinajstić information content (AvgIpc) is 2.39. The van der Waals surface area contributed by atoms with Crippen LogP contribution in [0, 0.1) is 17.1 Å². The van der Waals surface area contributed by atoms with E-state index in [1.807, 2.05) is 0 Å². The number of hydrogen-bond donors (Lipinski definition) is 1. The molecule has 0 aliphatic rings. The summed E-state index contributed by atoms with van der Waals surface area (Å²) in [6.07, 6.45) is -0.867. The molecule has 0 aliphatic carbocycles. The highest BCUT2D eigenvalue weighted by atomic mass is 19.1. The van der Waals surface area contributed by atoms with E-state index in [1.54, 1.807) is 6.07 Å². The molecule has 0 unspecified atom stereocenters. The van der Waals surface area contributed by atoms with Crippen LogP contribution in [0.3, 0.4) is 0 Å². The molecule has 5 nitrogen and oxygen atoms in total. The molecule has 0 aliphatic heterocycles. The van der Waals surface area contributed by atoms with Gasteiger partial charge in [0.1, 0.15) is 13.2 Å². The zero-order chi connectivity index (χ0) is 14.3. The number of hydrogen-bond acceptors (Lipinski definition) is 4. The fourth-order valence-corrected chi connectivity index (χ4v) is 1.13. The fourth-order valence-electron chi connectivity index (χ4n) is 1.13. The maximum absolute atomic E-state index is 13.4. The molecular formula is C12H10F2N2O3. The first-order chi connectivity index (χ1) is 9.06. The second-order valence-electron chi connectivity index (χ2n) is 3.42. The molecule has 7 heteroatoms. The van der Waals surface area contributed by atoms with Gasteiger partial charge in [-0.3, -0.25) is 0 Å². The van der Waals surface area contributed by atoms with Crippen molar-refractivity contribution in [1.82, 2.24) is 0 Å². The second-order valence-corrected chi connectivity index (χ2v) is 3.42. The quantitative estimate of drug-likeness (QED) is 0.885. The van der Waals surface area contributed by atoms with Crippen molar-refractivity contribution in [3.05, 3.63) is 41.5 Å². The highest BCUT2D eigenvalue weighted by Crippen LogP contribution is 2.18. The van der Waals surface area contributed by atoms with Crippen molar-refractivity contribution in [2.45, 2.75) is 0 Å². The number of halogens is 2. The zero-order valence-electron chi connectivity index (χ0n) is 9.73. The molecule has 0 atom stereocenters. The van der Waals surface area contributed by atoms with Gasteiger partial charge in [0.25, 0.3) is 0 Å². The van der Waals surface area contributed by atoms with Gasteiger partial charge in [-0.25, -0.2) is 13.6 Å². The van der Waals surface area contributed by atoms with Crippen molar-refractivity contribution in [1.29, 1.82) is 5.26 Å². The van der Waals surface area contributed by atoms with Crippen LogP contribution in [-0.4, -0.2) is 19.3 Å². The van der Waals surface area contributed by atoms with Crippen LogP contribution in [0.4, 0.5) is 13.6 Å². The molecule has 0 heterocycles. The van der Waals surface area contributed by atoms with Gasteiger partial charge < -0.3 is 15.2 Å². The Labute approximate surface area is 107 Å². The van der Waals surface area contributed by atoms with Crippen LogP contribution in [0.5, 0.6) is 5.75 Å². The minimum atomic E-state index is -1.05. The number of carbonyl (C=O) groups is 1. The smallest absolute Gasteiger partial charge is 0.404 e. The van der Waals surface area contributed by atoms with Crippen molar-refractivity contribution in [3.8, 4) is 11.8 Å². The van der Waals surface area contributed by atoms with E-state index < -0.39 is 11.9 Å². The van der Waals surface area contributed by atoms with Gasteiger partial charge in [0, 0.05) is 5.57 Å². The lowest BCUT2D eigenvalue weighted by Crippen LogP contribution is -2.17. The summed E-state index contributed by atoms with van der Waals surface area (Å²) in [7, 11) is 0. The highest BCUT2D eigenvalue weighted by Gasteiger charge is 2.07. The number of amides is 1. The topological polar surface area (TPSA) is 85.3 Å². The fraction of sp³-hybridized carbons (Fsp3) is 0.167. The lowest BCUT2D eigenvalue weighted by atomic mass is 10.2. The van der Waals surface area contributed by atoms with Gasteiger partial charge in [0.15, 0.2) is 11.6 Å². The van der Waals surface area contributed by atoms with E-state index in [2.05, 4.69) is 4.74 Å². The molecule has 1 aromatic rings. The summed E-state index contributed by atoms with van der Waals surface area (Å²) in [6, 6.07) is 5.37. The summed E-state index contributed by atoms with van der Waals surface area (Å²) < 4.78 is 35.2. The SMILES string of the molecule is N#Cc1ccc(OCC(=CF)COC(N)=O)c(F)c1. The predicted molar refractivity (Wildman–Crippen MR) is 61.3 cm³/mol. The average molecular weight is 268 g/mol. The van der Waals surface area contributed by atoms with Crippen LogP contribution in [0.25, 0.3) is 0 Å². The van der Waals surface area contributed by atoms with Crippen molar-refractivity contribution >= 4 is 6.09 Å². The summed E-state index contributed by atoms with van der Waals surface area (Å²) in [5, 5.41) is 8.55. The monoisotopic (exact) mass is 268 g/mol. The lowest BCUT2D eigenvalue weighted by Gasteiger charge is -2.09. The molecule has 100 valence electrons. The first-order valence-electron chi connectivity index (χ1n) is 5.09. The van der Waals surface area contributed by atoms with Crippen LogP contribution >= 0.6 is 0 Å². The number of ether oxygens (including phenoxy) is 2. The van der Waals surface area contributed by atoms with Crippen LogP contribution in [0.15, 0.2) is 30.1 Å². The summed E-state index contributed by atoms with van der Waals surface area (Å²) in [5.74, 6) is -0.884. The Morgan fingerprint density at radius 1 is 1.47 bits per heavy atom. The Morgan fingerprint density at radius 2 is 2.21 bits per heavy atom. The summed E-state index contributed by atoms with van der Waals surface area (Å²) >= 11 is 0. The van der Waals surface area contributed by atoms with E-state index in [1.165, 1.54) is 12.1 Å². The molecule has 2 N–H and O–H groups in total. The molecule has 1 rings (SSSR count). The summed E-state index contributed by atoms with van der Waals surface area (Å²) in [6.45, 7) is -0.698. The second kappa shape index (κ2) is 6.96. The minimum absolute atomic E-state index is 0.0254. The van der Waals surface area contributed by atoms with Crippen LogP contribution in [-0.2, 0) is 4.74 Å². The summed E-state index contributed by atoms with van der Waals surface area (Å²) in [4.78, 5) is 10.3. The third-order valence-electron chi connectivity index (χ3n) is 2.03. The third-order valence-corrected chi connectivity index (χ3v) is 2.03. The highest BCUT2D eigenvalue weighted by molar-refractivity contribution is 5.64. The van der Waals surface area contributed by atoms with Gasteiger partial charge in [0.05, 0.1) is 18.0 Å². The number of nitrogens with two attached hydrogens (primary N) is 1. The molecular weight excluding hydrogens is 258 g/mol. The van der Waals surface area contributed by atoms with E-state index in [0.29, 0.717) is 0 Å². The number of carbonyl (C=O) groups excluding carboxylic acids is 1. The van der Waals surface area contributed by atoms with E-state index in [4.69, 9.17) is 15.7 Å². The molecule has 0 saturated carbocycles. The lowest BCUT2D eigenvalue weighted by molar-refractivity contribution is 0.162. The van der Waals surface area contributed by atoms with Gasteiger partial charge in [-0.15, -0.1) is 0 Å². The van der Waals surface area contributed by atoms with Crippen molar-refractivity contribution in [3.63, 3.8) is 0 Å². The van der Waals surface area contributed by atoms with Gasteiger partial charge in [-0.05, 0) is 18.2 Å². The maximum atomic E-state index is 13.4. The van der Waals surface area contributed by atoms with E-state index in [-0.39, 0.29) is 36.4 Å². The van der Waals surface area contributed by atoms with Gasteiger partial charge in [-0.1, -0.05) is 0 Å². The molecule has 0 bridgehead atoms. The Balaban J connectivity index is 2.61. The number of nitrogens with zero attached hydrogens (tertiary/aromatic N) is 1. The van der Waals surface area contributed by atoms with Crippen molar-refractivity contribution < 1.29 is 23.0 Å². The van der Waals surface area contributed by atoms with Crippen LogP contribution < -0.4 is 10.5 Å². The molecule has 0 aromatic heterocycles. The number of nitriles is 1. The van der Waals surface area contributed by atoms with Crippen LogP contribution in [0.2, 0.25) is 0 Å². The van der Waals surface area contributed by atoms with E-state index >= 15 is 0 Å². The number of primary amides is 1. The summed E-state index contributed by atoms with van der Waals surface area (Å²) in [5.41, 5.74) is 4.83. The largest absolute Gasteiger partial charge is 0.486 e. The Kier molecular flexibility index (Phi) is 5.29. The third kappa shape index (κ3) is 4.63. The Hall–Kier alpha value is -2.62. The number of rotatable bonds is 5. The maximum Gasteiger partial charge on any atom is 0.404 e. The van der Waals surface area contributed by atoms with Gasteiger partial charge >= 0.3 is 6.09 Å².